The van der Waals surface area contributed by atoms with Crippen molar-refractivity contribution >= 4 is 17.2 Å². The number of aliphatic imine (C=N–C) groups is 1. The fourth-order valence-corrected chi connectivity index (χ4v) is 4.49. The standard InChI is InChI=1S/C14H20N4OS/c1-9-15-10-6-18(7-12(10)19-9)4-3-14-16-11-5-17(2)8-13(11)20-14/h10,12H,3-8H2,1-2H3. The van der Waals surface area contributed by atoms with Gasteiger partial charge in [0.05, 0.1) is 10.7 Å². The van der Waals surface area contributed by atoms with Gasteiger partial charge < -0.3 is 4.74 Å². The molecule has 0 N–H and O–H groups in total. The maximum Gasteiger partial charge on any atom is 0.180 e. The van der Waals surface area contributed by atoms with Crippen LogP contribution in [0, 0.1) is 0 Å². The lowest BCUT2D eigenvalue weighted by molar-refractivity contribution is 0.200. The highest BCUT2D eigenvalue weighted by molar-refractivity contribution is 7.11. The zero-order valence-corrected chi connectivity index (χ0v) is 12.8. The second kappa shape index (κ2) is 4.79. The van der Waals surface area contributed by atoms with Gasteiger partial charge in [-0.25, -0.2) is 9.98 Å². The predicted octanol–water partition coefficient (Wildman–Crippen LogP) is 1.13. The van der Waals surface area contributed by atoms with E-state index in [1.165, 1.54) is 15.6 Å². The fourth-order valence-electron chi connectivity index (χ4n) is 3.34. The van der Waals surface area contributed by atoms with Crippen LogP contribution in [-0.2, 0) is 24.2 Å². The quantitative estimate of drug-likeness (QED) is 0.837. The summed E-state index contributed by atoms with van der Waals surface area (Å²) in [7, 11) is 2.15. The number of hydrogen-bond acceptors (Lipinski definition) is 6. The Morgan fingerprint density at radius 2 is 2.25 bits per heavy atom. The minimum absolute atomic E-state index is 0.296. The smallest absolute Gasteiger partial charge is 0.180 e. The van der Waals surface area contributed by atoms with E-state index in [2.05, 4.69) is 21.8 Å². The van der Waals surface area contributed by atoms with E-state index in [4.69, 9.17) is 9.72 Å². The molecule has 0 saturated carbocycles. The first kappa shape index (κ1) is 12.7. The van der Waals surface area contributed by atoms with Crippen molar-refractivity contribution < 1.29 is 4.74 Å². The summed E-state index contributed by atoms with van der Waals surface area (Å²) in [5.41, 5.74) is 1.30. The highest BCUT2D eigenvalue weighted by atomic mass is 32.1. The maximum atomic E-state index is 5.72. The summed E-state index contributed by atoms with van der Waals surface area (Å²) in [6.07, 6.45) is 1.36. The van der Waals surface area contributed by atoms with E-state index in [1.807, 2.05) is 18.3 Å². The van der Waals surface area contributed by atoms with Crippen molar-refractivity contribution in [2.45, 2.75) is 38.6 Å². The van der Waals surface area contributed by atoms with Gasteiger partial charge in [0.25, 0.3) is 0 Å². The number of rotatable bonds is 3. The molecule has 0 amide bonds. The summed E-state index contributed by atoms with van der Waals surface area (Å²) in [4.78, 5) is 15.6. The van der Waals surface area contributed by atoms with E-state index in [0.717, 1.165) is 45.0 Å². The van der Waals surface area contributed by atoms with Gasteiger partial charge in [-0.2, -0.15) is 0 Å². The summed E-state index contributed by atoms with van der Waals surface area (Å²) in [6, 6.07) is 0.366. The Labute approximate surface area is 123 Å². The third-order valence-electron chi connectivity index (χ3n) is 4.28. The van der Waals surface area contributed by atoms with Gasteiger partial charge in [-0.15, -0.1) is 11.3 Å². The predicted molar refractivity (Wildman–Crippen MR) is 79.2 cm³/mol. The number of ether oxygens (including phenoxy) is 1. The molecular weight excluding hydrogens is 272 g/mol. The van der Waals surface area contributed by atoms with Gasteiger partial charge in [-0.05, 0) is 7.05 Å². The summed E-state index contributed by atoms with van der Waals surface area (Å²) < 4.78 is 5.72. The number of nitrogens with zero attached hydrogens (tertiary/aromatic N) is 4. The molecule has 1 aromatic heterocycles. The van der Waals surface area contributed by atoms with E-state index in [-0.39, 0.29) is 0 Å². The van der Waals surface area contributed by atoms with Gasteiger partial charge in [-0.1, -0.05) is 0 Å². The first-order valence-corrected chi connectivity index (χ1v) is 8.08. The third-order valence-corrected chi connectivity index (χ3v) is 5.42. The molecule has 1 aromatic rings. The molecule has 4 heterocycles. The third kappa shape index (κ3) is 2.25. The SMILES string of the molecule is CC1=NC2CN(CCc3nc4c(s3)CN(C)C4)CC2O1. The van der Waals surface area contributed by atoms with Crippen LogP contribution in [0.1, 0.15) is 22.5 Å². The van der Waals surface area contributed by atoms with Gasteiger partial charge in [0.1, 0.15) is 12.1 Å². The van der Waals surface area contributed by atoms with Gasteiger partial charge >= 0.3 is 0 Å². The molecule has 2 unspecified atom stereocenters. The van der Waals surface area contributed by atoms with Crippen LogP contribution in [0.4, 0.5) is 0 Å². The minimum Gasteiger partial charge on any atom is -0.474 e. The largest absolute Gasteiger partial charge is 0.474 e. The van der Waals surface area contributed by atoms with Crippen LogP contribution in [0.25, 0.3) is 0 Å². The number of likely N-dealkylation sites (tertiary alicyclic amines) is 1. The molecule has 0 spiro atoms. The van der Waals surface area contributed by atoms with Gasteiger partial charge in [0.2, 0.25) is 0 Å². The monoisotopic (exact) mass is 292 g/mol. The molecule has 1 saturated heterocycles. The molecule has 1 fully saturated rings. The average molecular weight is 292 g/mol. The summed E-state index contributed by atoms with van der Waals surface area (Å²) in [5.74, 6) is 0.861. The van der Waals surface area contributed by atoms with Crippen molar-refractivity contribution in [3.8, 4) is 0 Å². The van der Waals surface area contributed by atoms with Crippen molar-refractivity contribution in [3.63, 3.8) is 0 Å². The molecule has 0 aromatic carbocycles. The first-order chi connectivity index (χ1) is 9.67. The topological polar surface area (TPSA) is 41.0 Å². The highest BCUT2D eigenvalue weighted by Crippen LogP contribution is 2.28. The van der Waals surface area contributed by atoms with E-state index in [0.29, 0.717) is 12.1 Å². The van der Waals surface area contributed by atoms with Crippen molar-refractivity contribution in [3.05, 3.63) is 15.6 Å². The molecule has 2 atom stereocenters. The van der Waals surface area contributed by atoms with Crippen molar-refractivity contribution in [1.82, 2.24) is 14.8 Å². The first-order valence-electron chi connectivity index (χ1n) is 7.27. The number of thiazole rings is 1. The zero-order valence-electron chi connectivity index (χ0n) is 12.0. The van der Waals surface area contributed by atoms with Crippen LogP contribution < -0.4 is 0 Å². The lowest BCUT2D eigenvalue weighted by atomic mass is 10.2. The molecule has 108 valence electrons. The Hall–Kier alpha value is -0.980. The van der Waals surface area contributed by atoms with Crippen molar-refractivity contribution in [1.29, 1.82) is 0 Å². The van der Waals surface area contributed by atoms with E-state index in [9.17, 15) is 0 Å². The Morgan fingerprint density at radius 1 is 1.35 bits per heavy atom. The number of hydrogen-bond donors (Lipinski definition) is 0. The highest BCUT2D eigenvalue weighted by Gasteiger charge is 2.38. The molecule has 3 aliphatic rings. The van der Waals surface area contributed by atoms with Gasteiger partial charge in [0.15, 0.2) is 5.90 Å². The molecule has 3 aliphatic heterocycles. The van der Waals surface area contributed by atoms with Gasteiger partial charge in [-0.3, -0.25) is 9.80 Å². The summed E-state index contributed by atoms with van der Waals surface area (Å²) in [5, 5.41) is 1.29. The summed E-state index contributed by atoms with van der Waals surface area (Å²) in [6.45, 7) is 7.17. The Bertz CT molecular complexity index is 532. The molecule has 0 radical (unpaired) electrons. The van der Waals surface area contributed by atoms with Crippen molar-refractivity contribution in [2.24, 2.45) is 4.99 Å². The van der Waals surface area contributed by atoms with E-state index < -0.39 is 0 Å². The van der Waals surface area contributed by atoms with Crippen LogP contribution in [0.2, 0.25) is 0 Å². The molecule has 5 nitrogen and oxygen atoms in total. The number of fused-ring (bicyclic) bond motifs is 2. The molecule has 0 aliphatic carbocycles. The lowest BCUT2D eigenvalue weighted by Gasteiger charge is -2.15. The van der Waals surface area contributed by atoms with E-state index >= 15 is 0 Å². The number of aromatic nitrogens is 1. The van der Waals surface area contributed by atoms with E-state index in [1.54, 1.807) is 0 Å². The maximum absolute atomic E-state index is 5.72. The Morgan fingerprint density at radius 3 is 3.05 bits per heavy atom. The lowest BCUT2D eigenvalue weighted by Crippen LogP contribution is -2.26. The second-order valence-electron chi connectivity index (χ2n) is 6.03. The second-order valence-corrected chi connectivity index (χ2v) is 7.20. The van der Waals surface area contributed by atoms with Crippen molar-refractivity contribution in [2.75, 3.05) is 26.7 Å². The van der Waals surface area contributed by atoms with Gasteiger partial charge in [0, 0.05) is 50.9 Å². The molecular formula is C14H20N4OS. The van der Waals surface area contributed by atoms with Crippen LogP contribution in [0.5, 0.6) is 0 Å². The minimum atomic E-state index is 0.296. The average Bonchev–Trinajstić information content (AvgIpc) is 3.04. The normalized spacial score (nSPS) is 29.4. The molecule has 0 bridgehead atoms. The molecule has 4 rings (SSSR count). The Balaban J connectivity index is 1.33. The fraction of sp³-hybridized carbons (Fsp3) is 0.714. The van der Waals surface area contributed by atoms with Crippen LogP contribution in [-0.4, -0.2) is 59.5 Å². The zero-order chi connectivity index (χ0) is 13.7. The van der Waals surface area contributed by atoms with Crippen LogP contribution in [0.15, 0.2) is 4.99 Å². The molecule has 20 heavy (non-hydrogen) atoms. The molecule has 6 heteroatoms. The Kier molecular flexibility index (Phi) is 3.05. The van der Waals surface area contributed by atoms with Crippen LogP contribution >= 0.6 is 11.3 Å². The van der Waals surface area contributed by atoms with Crippen LogP contribution in [0.3, 0.4) is 0 Å². The summed E-state index contributed by atoms with van der Waals surface area (Å²) >= 11 is 1.89.